The summed E-state index contributed by atoms with van der Waals surface area (Å²) in [6, 6.07) is 15.1. The number of likely N-dealkylation sites (tertiary alicyclic amines) is 1. The lowest BCUT2D eigenvalue weighted by Crippen LogP contribution is -2.39. The molecule has 33 heavy (non-hydrogen) atoms. The summed E-state index contributed by atoms with van der Waals surface area (Å²) in [5.41, 5.74) is 3.27. The minimum atomic E-state index is -0.272. The summed E-state index contributed by atoms with van der Waals surface area (Å²) in [5.74, 6) is 0.727. The molecule has 2 heterocycles. The summed E-state index contributed by atoms with van der Waals surface area (Å²) in [6.45, 7) is 6.47. The molecule has 0 spiro atoms. The largest absolute Gasteiger partial charge is 0.494 e. The van der Waals surface area contributed by atoms with Gasteiger partial charge >= 0.3 is 0 Å². The molecule has 1 saturated heterocycles. The lowest BCUT2D eigenvalue weighted by molar-refractivity contribution is -0.120. The van der Waals surface area contributed by atoms with E-state index in [9.17, 15) is 9.59 Å². The Labute approximate surface area is 196 Å². The van der Waals surface area contributed by atoms with Gasteiger partial charge in [-0.05, 0) is 61.1 Å². The van der Waals surface area contributed by atoms with Crippen molar-refractivity contribution in [1.82, 2.24) is 4.90 Å². The number of ether oxygens (including phenoxy) is 1. The van der Waals surface area contributed by atoms with Crippen LogP contribution in [-0.4, -0.2) is 50.5 Å². The fraction of sp³-hybridized carbons (Fsp3) is 0.407. The number of amides is 2. The highest BCUT2D eigenvalue weighted by atomic mass is 16.5. The molecular formula is C27H33N3O3. The van der Waals surface area contributed by atoms with Crippen LogP contribution in [0.2, 0.25) is 0 Å². The fourth-order valence-electron chi connectivity index (χ4n) is 4.55. The van der Waals surface area contributed by atoms with Gasteiger partial charge in [-0.2, -0.15) is 0 Å². The zero-order chi connectivity index (χ0) is 23.5. The second-order valence-corrected chi connectivity index (χ2v) is 9.15. The van der Waals surface area contributed by atoms with Gasteiger partial charge in [0.15, 0.2) is 0 Å². The highest BCUT2D eigenvalue weighted by molar-refractivity contribution is 6.45. The van der Waals surface area contributed by atoms with E-state index >= 15 is 0 Å². The van der Waals surface area contributed by atoms with Crippen molar-refractivity contribution in [3.8, 4) is 5.75 Å². The van der Waals surface area contributed by atoms with Crippen molar-refractivity contribution < 1.29 is 14.3 Å². The SMILES string of the molecule is CCCOc1ccc(C2=C(N3CCCC(C)C3)C(=O)N(c3cccc(N(C)C)c3)C2=O)cc1. The van der Waals surface area contributed by atoms with Crippen molar-refractivity contribution in [3.63, 3.8) is 0 Å². The predicted molar refractivity (Wildman–Crippen MR) is 132 cm³/mol. The highest BCUT2D eigenvalue weighted by Gasteiger charge is 2.43. The number of anilines is 2. The van der Waals surface area contributed by atoms with E-state index in [-0.39, 0.29) is 11.8 Å². The van der Waals surface area contributed by atoms with Gasteiger partial charge in [0.25, 0.3) is 11.8 Å². The average molecular weight is 448 g/mol. The highest BCUT2D eigenvalue weighted by Crippen LogP contribution is 2.37. The van der Waals surface area contributed by atoms with Gasteiger partial charge < -0.3 is 14.5 Å². The molecule has 6 heteroatoms. The Morgan fingerprint density at radius 3 is 2.48 bits per heavy atom. The van der Waals surface area contributed by atoms with E-state index in [4.69, 9.17) is 4.74 Å². The van der Waals surface area contributed by atoms with Crippen LogP contribution in [0.3, 0.4) is 0 Å². The Hall–Kier alpha value is -3.28. The standard InChI is InChI=1S/C27H33N3O3/c1-5-16-33-23-13-11-20(12-14-23)24-25(29-15-7-8-19(2)18-29)27(32)30(26(24)31)22-10-6-9-21(17-22)28(3)4/h6,9-14,17,19H,5,7-8,15-16,18H2,1-4H3. The van der Waals surface area contributed by atoms with Crippen LogP contribution in [0.1, 0.15) is 38.7 Å². The van der Waals surface area contributed by atoms with Gasteiger partial charge in [0.2, 0.25) is 0 Å². The van der Waals surface area contributed by atoms with Gasteiger partial charge in [0.1, 0.15) is 11.4 Å². The first-order valence-electron chi connectivity index (χ1n) is 11.8. The molecule has 0 aromatic heterocycles. The predicted octanol–water partition coefficient (Wildman–Crippen LogP) is 4.56. The maximum atomic E-state index is 13.8. The Bertz CT molecular complexity index is 1060. The lowest BCUT2D eigenvalue weighted by Gasteiger charge is -2.33. The van der Waals surface area contributed by atoms with Crippen molar-refractivity contribution in [2.75, 3.05) is 43.6 Å². The molecule has 1 unspecified atom stereocenters. The quantitative estimate of drug-likeness (QED) is 0.583. The van der Waals surface area contributed by atoms with E-state index < -0.39 is 0 Å². The van der Waals surface area contributed by atoms with E-state index in [1.54, 1.807) is 0 Å². The number of carbonyl (C=O) groups is 2. The third-order valence-corrected chi connectivity index (χ3v) is 6.25. The van der Waals surface area contributed by atoms with E-state index in [1.807, 2.05) is 67.5 Å². The van der Waals surface area contributed by atoms with Crippen LogP contribution in [0.15, 0.2) is 54.2 Å². The van der Waals surface area contributed by atoms with Crippen molar-refractivity contribution >= 4 is 28.8 Å². The molecule has 2 aromatic carbocycles. The molecular weight excluding hydrogens is 414 g/mol. The van der Waals surface area contributed by atoms with Crippen LogP contribution in [0.4, 0.5) is 11.4 Å². The van der Waals surface area contributed by atoms with Crippen LogP contribution in [0.25, 0.3) is 5.57 Å². The Kier molecular flexibility index (Phi) is 6.72. The van der Waals surface area contributed by atoms with Crippen molar-refractivity contribution in [2.45, 2.75) is 33.1 Å². The summed E-state index contributed by atoms with van der Waals surface area (Å²) < 4.78 is 5.71. The maximum absolute atomic E-state index is 13.8. The fourth-order valence-corrected chi connectivity index (χ4v) is 4.55. The third-order valence-electron chi connectivity index (χ3n) is 6.25. The van der Waals surface area contributed by atoms with Gasteiger partial charge in [-0.15, -0.1) is 0 Å². The van der Waals surface area contributed by atoms with Crippen molar-refractivity contribution in [2.24, 2.45) is 5.92 Å². The van der Waals surface area contributed by atoms with E-state index in [0.29, 0.717) is 29.5 Å². The summed E-state index contributed by atoms with van der Waals surface area (Å²) >= 11 is 0. The number of hydrogen-bond donors (Lipinski definition) is 0. The zero-order valence-electron chi connectivity index (χ0n) is 20.0. The molecule has 6 nitrogen and oxygen atoms in total. The second kappa shape index (κ2) is 9.69. The van der Waals surface area contributed by atoms with Crippen molar-refractivity contribution in [3.05, 3.63) is 59.8 Å². The Morgan fingerprint density at radius 1 is 1.06 bits per heavy atom. The number of rotatable bonds is 7. The summed E-state index contributed by atoms with van der Waals surface area (Å²) in [7, 11) is 3.89. The number of nitrogens with zero attached hydrogens (tertiary/aromatic N) is 3. The van der Waals surface area contributed by atoms with Crippen LogP contribution in [-0.2, 0) is 9.59 Å². The second-order valence-electron chi connectivity index (χ2n) is 9.15. The van der Waals surface area contributed by atoms with Gasteiger partial charge in [-0.3, -0.25) is 9.59 Å². The molecule has 2 amide bonds. The van der Waals surface area contributed by atoms with Crippen LogP contribution >= 0.6 is 0 Å². The van der Waals surface area contributed by atoms with E-state index in [1.165, 1.54) is 4.90 Å². The third kappa shape index (κ3) is 4.61. The van der Waals surface area contributed by atoms with E-state index in [2.05, 4.69) is 18.7 Å². The lowest BCUT2D eigenvalue weighted by atomic mass is 9.97. The monoisotopic (exact) mass is 447 g/mol. The molecule has 0 aliphatic carbocycles. The molecule has 1 atom stereocenters. The minimum Gasteiger partial charge on any atom is -0.494 e. The number of piperidine rings is 1. The number of benzene rings is 2. The first kappa shape index (κ1) is 22.9. The molecule has 2 aliphatic heterocycles. The smallest absolute Gasteiger partial charge is 0.282 e. The molecule has 1 fully saturated rings. The van der Waals surface area contributed by atoms with E-state index in [0.717, 1.165) is 49.4 Å². The molecule has 2 aromatic rings. The van der Waals surface area contributed by atoms with Crippen LogP contribution < -0.4 is 14.5 Å². The molecule has 0 bridgehead atoms. The van der Waals surface area contributed by atoms with Crippen LogP contribution in [0.5, 0.6) is 5.75 Å². The molecule has 4 rings (SSSR count). The molecule has 0 saturated carbocycles. The summed E-state index contributed by atoms with van der Waals surface area (Å²) in [5, 5.41) is 0. The average Bonchev–Trinajstić information content (AvgIpc) is 3.08. The van der Waals surface area contributed by atoms with Crippen molar-refractivity contribution in [1.29, 1.82) is 0 Å². The number of imide groups is 1. The number of carbonyl (C=O) groups excluding carboxylic acids is 2. The summed E-state index contributed by atoms with van der Waals surface area (Å²) in [4.78, 5) is 32.9. The normalized spacial score (nSPS) is 18.8. The van der Waals surface area contributed by atoms with Gasteiger partial charge in [-0.25, -0.2) is 4.90 Å². The maximum Gasteiger partial charge on any atom is 0.282 e. The number of hydrogen-bond acceptors (Lipinski definition) is 5. The molecule has 174 valence electrons. The zero-order valence-corrected chi connectivity index (χ0v) is 20.0. The van der Waals surface area contributed by atoms with Gasteiger partial charge in [-0.1, -0.05) is 32.0 Å². The van der Waals surface area contributed by atoms with Crippen LogP contribution in [0, 0.1) is 5.92 Å². The summed E-state index contributed by atoms with van der Waals surface area (Å²) in [6.07, 6.45) is 3.08. The Morgan fingerprint density at radius 2 is 1.82 bits per heavy atom. The van der Waals surface area contributed by atoms with Gasteiger partial charge in [0, 0.05) is 32.9 Å². The topological polar surface area (TPSA) is 53.1 Å². The Balaban J connectivity index is 1.76. The first-order valence-corrected chi connectivity index (χ1v) is 11.8. The molecule has 0 N–H and O–H groups in total. The minimum absolute atomic E-state index is 0.244. The van der Waals surface area contributed by atoms with Gasteiger partial charge in [0.05, 0.1) is 17.9 Å². The molecule has 2 aliphatic rings. The molecule has 0 radical (unpaired) electrons. The first-order chi connectivity index (χ1) is 15.9.